The molecule has 5 nitrogen and oxygen atoms in total. The summed E-state index contributed by atoms with van der Waals surface area (Å²) in [6.07, 6.45) is 0. The van der Waals surface area contributed by atoms with Gasteiger partial charge in [-0.3, -0.25) is 9.59 Å². The number of carbonyl (C=O) groups excluding carboxylic acids is 2. The maximum Gasteiger partial charge on any atom is 0.266 e. The van der Waals surface area contributed by atoms with Crippen molar-refractivity contribution in [1.82, 2.24) is 0 Å². The molecule has 2 amide bonds. The molecule has 0 atom stereocenters. The summed E-state index contributed by atoms with van der Waals surface area (Å²) in [5.74, 6) is 0.418. The maximum atomic E-state index is 12.9. The van der Waals surface area contributed by atoms with Crippen molar-refractivity contribution >= 4 is 28.3 Å². The summed E-state index contributed by atoms with van der Waals surface area (Å²) >= 11 is 0. The summed E-state index contributed by atoms with van der Waals surface area (Å²) in [6.45, 7) is 0. The Morgan fingerprint density at radius 2 is 1.40 bits per heavy atom. The van der Waals surface area contributed by atoms with Crippen LogP contribution in [0.5, 0.6) is 11.5 Å². The number of ether oxygens (including phenoxy) is 2. The molecule has 5 heteroatoms. The Morgan fingerprint density at radius 1 is 0.760 bits per heavy atom. The summed E-state index contributed by atoms with van der Waals surface area (Å²) in [7, 11) is 3.09. The van der Waals surface area contributed by atoms with Gasteiger partial charge in [0.05, 0.1) is 31.0 Å². The number of nitrogens with zero attached hydrogens (tertiary/aromatic N) is 1. The van der Waals surface area contributed by atoms with Crippen molar-refractivity contribution in [3.63, 3.8) is 0 Å². The van der Waals surface area contributed by atoms with Gasteiger partial charge >= 0.3 is 0 Å². The zero-order valence-electron chi connectivity index (χ0n) is 13.8. The SMILES string of the molecule is COc1ccccc1N1C(=O)c2cc3cccc(OC)c3cc2C1=O. The van der Waals surface area contributed by atoms with E-state index in [2.05, 4.69) is 0 Å². The number of fused-ring (bicyclic) bond motifs is 2. The lowest BCUT2D eigenvalue weighted by molar-refractivity contribution is 0.0925. The van der Waals surface area contributed by atoms with Gasteiger partial charge in [-0.1, -0.05) is 24.3 Å². The Balaban J connectivity index is 1.91. The Bertz CT molecular complexity index is 1030. The first-order valence-electron chi connectivity index (χ1n) is 7.78. The van der Waals surface area contributed by atoms with Crippen molar-refractivity contribution in [2.24, 2.45) is 0 Å². The molecule has 1 heterocycles. The fourth-order valence-corrected chi connectivity index (χ4v) is 3.19. The quantitative estimate of drug-likeness (QED) is 0.687. The number of para-hydroxylation sites is 2. The molecule has 1 aliphatic heterocycles. The van der Waals surface area contributed by atoms with Crippen LogP contribution >= 0.6 is 0 Å². The smallest absolute Gasteiger partial charge is 0.266 e. The second kappa shape index (κ2) is 5.63. The topological polar surface area (TPSA) is 55.8 Å². The largest absolute Gasteiger partial charge is 0.496 e. The molecule has 0 saturated carbocycles. The zero-order valence-corrected chi connectivity index (χ0v) is 13.8. The van der Waals surface area contributed by atoms with Crippen molar-refractivity contribution in [2.75, 3.05) is 19.1 Å². The van der Waals surface area contributed by atoms with Crippen molar-refractivity contribution in [1.29, 1.82) is 0 Å². The summed E-state index contributed by atoms with van der Waals surface area (Å²) in [4.78, 5) is 27.0. The molecular formula is C20H15NO4. The van der Waals surface area contributed by atoms with E-state index < -0.39 is 0 Å². The third kappa shape index (κ3) is 2.16. The molecule has 0 N–H and O–H groups in total. The van der Waals surface area contributed by atoms with E-state index in [-0.39, 0.29) is 11.8 Å². The van der Waals surface area contributed by atoms with Gasteiger partial charge in [0, 0.05) is 5.39 Å². The monoisotopic (exact) mass is 333 g/mol. The van der Waals surface area contributed by atoms with Crippen LogP contribution in [0.2, 0.25) is 0 Å². The first-order chi connectivity index (χ1) is 12.2. The normalized spacial score (nSPS) is 13.3. The Kier molecular flexibility index (Phi) is 3.42. The molecule has 0 unspecified atom stereocenters. The van der Waals surface area contributed by atoms with Crippen molar-refractivity contribution < 1.29 is 19.1 Å². The highest BCUT2D eigenvalue weighted by Crippen LogP contribution is 2.37. The van der Waals surface area contributed by atoms with Crippen molar-refractivity contribution in [2.45, 2.75) is 0 Å². The van der Waals surface area contributed by atoms with Gasteiger partial charge in [0.2, 0.25) is 0 Å². The predicted molar refractivity (Wildman–Crippen MR) is 94.6 cm³/mol. The molecule has 0 radical (unpaired) electrons. The van der Waals surface area contributed by atoms with Crippen molar-refractivity contribution in [3.05, 3.63) is 65.7 Å². The van der Waals surface area contributed by atoms with E-state index in [0.29, 0.717) is 28.3 Å². The molecule has 0 aromatic heterocycles. The standard InChI is InChI=1S/C20H15NO4/c1-24-17-9-5-6-12-10-14-15(11-13(12)17)20(23)21(19(14)22)16-7-3-4-8-18(16)25-2/h3-11H,1-2H3. The minimum absolute atomic E-state index is 0.353. The highest BCUT2D eigenvalue weighted by atomic mass is 16.5. The number of rotatable bonds is 3. The van der Waals surface area contributed by atoms with E-state index >= 15 is 0 Å². The van der Waals surface area contributed by atoms with E-state index in [1.807, 2.05) is 18.2 Å². The number of amides is 2. The van der Waals surface area contributed by atoms with Crippen molar-refractivity contribution in [3.8, 4) is 11.5 Å². The first kappa shape index (κ1) is 15.2. The second-order valence-electron chi connectivity index (χ2n) is 5.70. The molecule has 1 aliphatic rings. The highest BCUT2D eigenvalue weighted by molar-refractivity contribution is 6.35. The third-order valence-corrected chi connectivity index (χ3v) is 4.39. The summed E-state index contributed by atoms with van der Waals surface area (Å²) < 4.78 is 10.7. The lowest BCUT2D eigenvalue weighted by atomic mass is 10.0. The van der Waals surface area contributed by atoms with Crippen LogP contribution in [0.1, 0.15) is 20.7 Å². The summed E-state index contributed by atoms with van der Waals surface area (Å²) in [5.41, 5.74) is 1.19. The van der Waals surface area contributed by atoms with Gasteiger partial charge in [-0.25, -0.2) is 4.90 Å². The highest BCUT2D eigenvalue weighted by Gasteiger charge is 2.38. The molecule has 0 spiro atoms. The fourth-order valence-electron chi connectivity index (χ4n) is 3.19. The van der Waals surface area contributed by atoms with Crippen LogP contribution in [0.4, 0.5) is 5.69 Å². The Labute approximate surface area is 144 Å². The number of anilines is 1. The molecule has 0 fully saturated rings. The molecule has 3 aromatic rings. The summed E-state index contributed by atoms with van der Waals surface area (Å²) in [5, 5.41) is 1.65. The van der Waals surface area contributed by atoms with Gasteiger partial charge in [-0.2, -0.15) is 0 Å². The molecule has 3 aromatic carbocycles. The lowest BCUT2D eigenvalue weighted by Gasteiger charge is -2.16. The third-order valence-electron chi connectivity index (χ3n) is 4.39. The molecular weight excluding hydrogens is 318 g/mol. The number of hydrogen-bond donors (Lipinski definition) is 0. The van der Waals surface area contributed by atoms with E-state index in [1.54, 1.807) is 43.5 Å². The Morgan fingerprint density at radius 3 is 2.12 bits per heavy atom. The minimum atomic E-state index is -0.364. The Hall–Kier alpha value is -3.34. The van der Waals surface area contributed by atoms with E-state index in [1.165, 1.54) is 7.11 Å². The zero-order chi connectivity index (χ0) is 17.6. The van der Waals surface area contributed by atoms with Gasteiger partial charge in [-0.05, 0) is 35.7 Å². The number of carbonyl (C=O) groups is 2. The molecule has 25 heavy (non-hydrogen) atoms. The molecule has 0 saturated heterocycles. The van der Waals surface area contributed by atoms with Crippen LogP contribution in [0.25, 0.3) is 10.8 Å². The average molecular weight is 333 g/mol. The van der Waals surface area contributed by atoms with E-state index in [9.17, 15) is 9.59 Å². The van der Waals surface area contributed by atoms with E-state index in [4.69, 9.17) is 9.47 Å². The number of imide groups is 1. The average Bonchev–Trinajstić information content (AvgIpc) is 2.89. The predicted octanol–water partition coefficient (Wildman–Crippen LogP) is 3.66. The van der Waals surface area contributed by atoms with Crippen LogP contribution in [0, 0.1) is 0 Å². The molecule has 0 aliphatic carbocycles. The van der Waals surface area contributed by atoms with Gasteiger partial charge in [0.1, 0.15) is 11.5 Å². The molecule has 0 bridgehead atoms. The molecule has 4 rings (SSSR count). The number of benzene rings is 3. The maximum absolute atomic E-state index is 12.9. The lowest BCUT2D eigenvalue weighted by Crippen LogP contribution is -2.29. The van der Waals surface area contributed by atoms with Gasteiger partial charge < -0.3 is 9.47 Å². The fraction of sp³-hybridized carbons (Fsp3) is 0.100. The van der Waals surface area contributed by atoms with E-state index in [0.717, 1.165) is 15.7 Å². The van der Waals surface area contributed by atoms with Crippen LogP contribution in [-0.2, 0) is 0 Å². The summed E-state index contributed by atoms with van der Waals surface area (Å²) in [6, 6.07) is 16.0. The van der Waals surface area contributed by atoms with Gasteiger partial charge in [0.25, 0.3) is 11.8 Å². The van der Waals surface area contributed by atoms with Crippen LogP contribution in [-0.4, -0.2) is 26.0 Å². The second-order valence-corrected chi connectivity index (χ2v) is 5.70. The minimum Gasteiger partial charge on any atom is -0.496 e. The number of hydrogen-bond acceptors (Lipinski definition) is 4. The van der Waals surface area contributed by atoms with Crippen LogP contribution in [0.15, 0.2) is 54.6 Å². The number of methoxy groups -OCH3 is 2. The van der Waals surface area contributed by atoms with Crippen LogP contribution < -0.4 is 14.4 Å². The first-order valence-corrected chi connectivity index (χ1v) is 7.78. The van der Waals surface area contributed by atoms with Gasteiger partial charge in [0.15, 0.2) is 0 Å². The van der Waals surface area contributed by atoms with Gasteiger partial charge in [-0.15, -0.1) is 0 Å². The molecule has 124 valence electrons. The van der Waals surface area contributed by atoms with Crippen LogP contribution in [0.3, 0.4) is 0 Å².